The van der Waals surface area contributed by atoms with Gasteiger partial charge in [0.05, 0.1) is 19.3 Å². The Balaban J connectivity index is 3.09. The average molecular weight is 149 g/mol. The second-order valence-electron chi connectivity index (χ2n) is 1.79. The molecule has 3 heteroatoms. The smallest absolute Gasteiger partial charge is 0.0701 e. The van der Waals surface area contributed by atoms with Crippen molar-refractivity contribution in [3.05, 3.63) is 0 Å². The van der Waals surface area contributed by atoms with E-state index >= 15 is 0 Å². The molecule has 0 spiro atoms. The van der Waals surface area contributed by atoms with Gasteiger partial charge in [-0.15, -0.1) is 0 Å². The van der Waals surface area contributed by atoms with Crippen LogP contribution in [0.5, 0.6) is 0 Å². The highest BCUT2D eigenvalue weighted by atomic mass is 32.1. The van der Waals surface area contributed by atoms with Crippen LogP contribution in [0.15, 0.2) is 0 Å². The fraction of sp³-hybridized carbons (Fsp3) is 1.00. The highest BCUT2D eigenvalue weighted by Crippen LogP contribution is 1.98. The molecule has 0 aromatic rings. The van der Waals surface area contributed by atoms with Gasteiger partial charge in [-0.05, 0) is 6.42 Å². The van der Waals surface area contributed by atoms with Gasteiger partial charge in [0, 0.05) is 5.75 Å². The van der Waals surface area contributed by atoms with Crippen LogP contribution in [0, 0.1) is 0 Å². The van der Waals surface area contributed by atoms with Gasteiger partial charge in [0.25, 0.3) is 0 Å². The number of hydrogen-bond donors (Lipinski definition) is 1. The first-order valence-corrected chi connectivity index (χ1v) is 3.73. The average Bonchev–Trinajstić information content (AvgIpc) is 1.91. The zero-order valence-electron chi connectivity index (χ0n) is 5.67. The zero-order valence-corrected chi connectivity index (χ0v) is 6.49. The molecule has 1 N–H and O–H groups in total. The van der Waals surface area contributed by atoms with E-state index in [1.165, 1.54) is 0 Å². The normalized spacial score (nSPS) is 13.7. The third-order valence-electron chi connectivity index (χ3n) is 1.09. The van der Waals surface area contributed by atoms with Crippen molar-refractivity contribution in [3.63, 3.8) is 0 Å². The topological polar surface area (TPSA) is 29.5 Å². The summed E-state index contributed by atoms with van der Waals surface area (Å²) in [5.41, 5.74) is 0. The van der Waals surface area contributed by atoms with Crippen molar-refractivity contribution in [2.75, 3.05) is 19.0 Å². The van der Waals surface area contributed by atoms with E-state index < -0.39 is 0 Å². The molecule has 55 valence electrons. The van der Waals surface area contributed by atoms with Crippen molar-refractivity contribution in [3.8, 4) is 0 Å². The van der Waals surface area contributed by atoms with Gasteiger partial charge < -0.3 is 9.84 Å². The van der Waals surface area contributed by atoms with Crippen LogP contribution in [-0.4, -0.2) is 30.2 Å². The highest BCUT2D eigenvalue weighted by Gasteiger charge is 2.01. The molecule has 0 rings (SSSR count). The van der Waals surface area contributed by atoms with E-state index in [2.05, 4.69) is 0 Å². The van der Waals surface area contributed by atoms with Crippen LogP contribution < -0.4 is 0 Å². The predicted octanol–water partition coefficient (Wildman–Crippen LogP) is 0.971. The summed E-state index contributed by atoms with van der Waals surface area (Å²) < 4.78 is 5.14. The first kappa shape index (κ1) is 9.27. The van der Waals surface area contributed by atoms with Gasteiger partial charge in [-0.2, -0.15) is 0 Å². The summed E-state index contributed by atoms with van der Waals surface area (Å²) in [5, 5.41) is 8.35. The lowest BCUT2D eigenvalue weighted by molar-refractivity contribution is 0.0402. The van der Waals surface area contributed by atoms with Crippen LogP contribution in [-0.2, 0) is 4.74 Å². The van der Waals surface area contributed by atoms with Crippen LogP contribution in [0.1, 0.15) is 13.3 Å². The van der Waals surface area contributed by atoms with E-state index in [9.17, 15) is 0 Å². The molecular weight excluding hydrogens is 136 g/mol. The van der Waals surface area contributed by atoms with Gasteiger partial charge in [0.2, 0.25) is 0 Å². The molecule has 1 unspecified atom stereocenters. The molecule has 0 fully saturated rings. The lowest BCUT2D eigenvalue weighted by Gasteiger charge is -2.10. The van der Waals surface area contributed by atoms with Crippen molar-refractivity contribution in [1.29, 1.82) is 0 Å². The molecule has 0 bridgehead atoms. The molecule has 0 aliphatic carbocycles. The standard InChI is InChI=1S/C6H13O2S/c1-2-6(5-9)8-4-3-7/h6-7H,2-5H2,1H3. The molecule has 0 heterocycles. The molecule has 0 aliphatic heterocycles. The van der Waals surface area contributed by atoms with E-state index in [-0.39, 0.29) is 12.7 Å². The summed E-state index contributed by atoms with van der Waals surface area (Å²) in [4.78, 5) is 0. The minimum absolute atomic E-state index is 0.0891. The third-order valence-corrected chi connectivity index (χ3v) is 1.46. The Kier molecular flexibility index (Phi) is 6.58. The van der Waals surface area contributed by atoms with Crippen molar-refractivity contribution >= 4 is 12.6 Å². The lowest BCUT2D eigenvalue weighted by Crippen LogP contribution is -2.15. The SMILES string of the molecule is CCC(C[S])OCCO. The Hall–Kier alpha value is 0.270. The van der Waals surface area contributed by atoms with E-state index in [1.807, 2.05) is 6.92 Å². The molecule has 1 radical (unpaired) electrons. The number of ether oxygens (including phenoxy) is 1. The first-order valence-electron chi connectivity index (χ1n) is 3.15. The maximum Gasteiger partial charge on any atom is 0.0701 e. The fourth-order valence-electron chi connectivity index (χ4n) is 0.503. The second-order valence-corrected chi connectivity index (χ2v) is 2.12. The molecule has 1 atom stereocenters. The molecule has 9 heavy (non-hydrogen) atoms. The van der Waals surface area contributed by atoms with Crippen LogP contribution in [0.3, 0.4) is 0 Å². The van der Waals surface area contributed by atoms with Crippen molar-refractivity contribution in [2.24, 2.45) is 0 Å². The second kappa shape index (κ2) is 6.39. The summed E-state index contributed by atoms with van der Waals surface area (Å²) in [6.07, 6.45) is 1.09. The lowest BCUT2D eigenvalue weighted by atomic mass is 10.3. The Bertz CT molecular complexity index is 55.0. The van der Waals surface area contributed by atoms with Crippen LogP contribution in [0.2, 0.25) is 0 Å². The molecule has 0 saturated heterocycles. The van der Waals surface area contributed by atoms with Crippen LogP contribution >= 0.6 is 12.6 Å². The monoisotopic (exact) mass is 149 g/mol. The van der Waals surface area contributed by atoms with Crippen molar-refractivity contribution in [1.82, 2.24) is 0 Å². The number of aliphatic hydroxyl groups excluding tert-OH is 1. The molecular formula is C6H13O2S. The quantitative estimate of drug-likeness (QED) is 0.631. The van der Waals surface area contributed by atoms with E-state index in [1.54, 1.807) is 0 Å². The minimum atomic E-state index is 0.0891. The first-order chi connectivity index (χ1) is 4.35. The van der Waals surface area contributed by atoms with E-state index in [0.29, 0.717) is 12.4 Å². The molecule has 0 aromatic heterocycles. The minimum Gasteiger partial charge on any atom is -0.394 e. The number of aliphatic hydroxyl groups is 1. The highest BCUT2D eigenvalue weighted by molar-refractivity contribution is 7.80. The van der Waals surface area contributed by atoms with Crippen molar-refractivity contribution < 1.29 is 9.84 Å². The fourth-order valence-corrected chi connectivity index (χ4v) is 0.835. The van der Waals surface area contributed by atoms with Gasteiger partial charge >= 0.3 is 0 Å². The van der Waals surface area contributed by atoms with Crippen molar-refractivity contribution in [2.45, 2.75) is 19.4 Å². The summed E-state index contributed by atoms with van der Waals surface area (Å²) in [6.45, 7) is 2.52. The summed E-state index contributed by atoms with van der Waals surface area (Å²) in [5.74, 6) is 0.622. The Morgan fingerprint density at radius 1 is 1.67 bits per heavy atom. The molecule has 0 amide bonds. The molecule has 0 aromatic carbocycles. The van der Waals surface area contributed by atoms with Gasteiger partial charge in [-0.1, -0.05) is 19.6 Å². The van der Waals surface area contributed by atoms with Gasteiger partial charge in [-0.3, -0.25) is 0 Å². The van der Waals surface area contributed by atoms with Gasteiger partial charge in [-0.25, -0.2) is 0 Å². The van der Waals surface area contributed by atoms with Gasteiger partial charge in [0.15, 0.2) is 0 Å². The number of hydrogen-bond acceptors (Lipinski definition) is 2. The number of rotatable bonds is 5. The molecule has 2 nitrogen and oxygen atoms in total. The van der Waals surface area contributed by atoms with Gasteiger partial charge in [0.1, 0.15) is 0 Å². The van der Waals surface area contributed by atoms with Crippen LogP contribution in [0.25, 0.3) is 0 Å². The Morgan fingerprint density at radius 2 is 2.33 bits per heavy atom. The maximum atomic E-state index is 8.35. The summed E-state index contributed by atoms with van der Waals surface area (Å²) in [7, 11) is 0. The third kappa shape index (κ3) is 4.75. The Morgan fingerprint density at radius 3 is 2.67 bits per heavy atom. The molecule has 0 saturated carbocycles. The zero-order chi connectivity index (χ0) is 7.11. The van der Waals surface area contributed by atoms with E-state index in [4.69, 9.17) is 22.5 Å². The predicted molar refractivity (Wildman–Crippen MR) is 39.6 cm³/mol. The maximum absolute atomic E-state index is 8.35. The van der Waals surface area contributed by atoms with E-state index in [0.717, 1.165) is 6.42 Å². The van der Waals surface area contributed by atoms with Crippen LogP contribution in [0.4, 0.5) is 0 Å². The Labute approximate surface area is 61.6 Å². The largest absolute Gasteiger partial charge is 0.394 e. The summed E-state index contributed by atoms with van der Waals surface area (Å²) >= 11 is 4.78. The summed E-state index contributed by atoms with van der Waals surface area (Å²) in [6, 6.07) is 0. The molecule has 0 aliphatic rings.